The van der Waals surface area contributed by atoms with Crippen LogP contribution >= 0.6 is 0 Å². The molecule has 0 aromatic heterocycles. The Balaban J connectivity index is 2.28. The minimum Gasteiger partial charge on any atom is -0.493 e. The van der Waals surface area contributed by atoms with E-state index in [9.17, 15) is 4.79 Å². The van der Waals surface area contributed by atoms with Gasteiger partial charge in [-0.05, 0) is 24.6 Å². The zero-order chi connectivity index (χ0) is 11.1. The maximum absolute atomic E-state index is 11.0. The lowest BCUT2D eigenvalue weighted by Crippen LogP contribution is -2.34. The molecule has 0 radical (unpaired) electrons. The van der Waals surface area contributed by atoms with Crippen LogP contribution in [-0.4, -0.2) is 19.6 Å². The van der Waals surface area contributed by atoms with Gasteiger partial charge in [0.25, 0.3) is 0 Å². The van der Waals surface area contributed by atoms with Gasteiger partial charge in [0, 0.05) is 7.05 Å². The Labute approximate surface area is 89.6 Å². The number of ether oxygens (including phenoxy) is 1. The normalized spacial score (nSPS) is 9.73. The van der Waals surface area contributed by atoms with Gasteiger partial charge in [-0.2, -0.15) is 0 Å². The molecule has 1 rings (SSSR count). The molecule has 0 aliphatic heterocycles. The van der Waals surface area contributed by atoms with E-state index < -0.39 is 0 Å². The highest BCUT2D eigenvalue weighted by atomic mass is 16.5. The molecular formula is C11H16N2O2. The molecule has 0 aliphatic carbocycles. The lowest BCUT2D eigenvalue weighted by Gasteiger charge is -2.06. The molecule has 82 valence electrons. The Morgan fingerprint density at radius 2 is 2.27 bits per heavy atom. The second-order valence-electron chi connectivity index (χ2n) is 3.21. The van der Waals surface area contributed by atoms with Gasteiger partial charge < -0.3 is 4.74 Å². The lowest BCUT2D eigenvalue weighted by atomic mass is 10.2. The zero-order valence-electron chi connectivity index (χ0n) is 9.04. The number of hydrazine groups is 1. The Hall–Kier alpha value is -1.55. The first-order chi connectivity index (χ1) is 7.22. The monoisotopic (exact) mass is 208 g/mol. The van der Waals surface area contributed by atoms with Crippen molar-refractivity contribution in [3.05, 3.63) is 29.8 Å². The van der Waals surface area contributed by atoms with E-state index in [2.05, 4.69) is 10.9 Å². The predicted octanol–water partition coefficient (Wildman–Crippen LogP) is 1.01. The molecule has 0 saturated carbocycles. The van der Waals surface area contributed by atoms with Crippen molar-refractivity contribution in [2.45, 2.75) is 13.3 Å². The standard InChI is InChI=1S/C11H16N2O2/c1-9-4-3-5-10(8-9)15-7-6-11(14)13-12-2/h3-5,8,12H,6-7H2,1-2H3,(H,13,14). The largest absolute Gasteiger partial charge is 0.493 e. The fraction of sp³-hybridized carbons (Fsp3) is 0.364. The summed E-state index contributed by atoms with van der Waals surface area (Å²) in [6.07, 6.45) is 0.342. The van der Waals surface area contributed by atoms with Crippen molar-refractivity contribution in [1.82, 2.24) is 10.9 Å². The van der Waals surface area contributed by atoms with Gasteiger partial charge in [-0.1, -0.05) is 12.1 Å². The molecule has 1 amide bonds. The van der Waals surface area contributed by atoms with Crippen LogP contribution in [0.25, 0.3) is 0 Å². The SMILES string of the molecule is CNNC(=O)CCOc1cccc(C)c1. The van der Waals surface area contributed by atoms with Crippen LogP contribution < -0.4 is 15.6 Å². The fourth-order valence-electron chi connectivity index (χ4n) is 1.17. The summed E-state index contributed by atoms with van der Waals surface area (Å²) in [5.74, 6) is 0.720. The van der Waals surface area contributed by atoms with E-state index in [-0.39, 0.29) is 5.91 Å². The molecule has 15 heavy (non-hydrogen) atoms. The van der Waals surface area contributed by atoms with Crippen molar-refractivity contribution in [1.29, 1.82) is 0 Å². The molecule has 0 spiro atoms. The summed E-state index contributed by atoms with van der Waals surface area (Å²) >= 11 is 0. The van der Waals surface area contributed by atoms with Gasteiger partial charge in [-0.25, -0.2) is 5.43 Å². The molecule has 1 aromatic carbocycles. The van der Waals surface area contributed by atoms with Crippen LogP contribution in [0.2, 0.25) is 0 Å². The molecule has 0 unspecified atom stereocenters. The maximum atomic E-state index is 11.0. The first-order valence-electron chi connectivity index (χ1n) is 4.87. The molecule has 0 heterocycles. The van der Waals surface area contributed by atoms with E-state index in [4.69, 9.17) is 4.74 Å². The minimum atomic E-state index is -0.0786. The van der Waals surface area contributed by atoms with E-state index in [0.29, 0.717) is 13.0 Å². The van der Waals surface area contributed by atoms with Gasteiger partial charge in [-0.3, -0.25) is 10.2 Å². The number of amides is 1. The van der Waals surface area contributed by atoms with Gasteiger partial charge in [0.15, 0.2) is 0 Å². The molecule has 0 saturated heterocycles. The number of carbonyl (C=O) groups excluding carboxylic acids is 1. The molecule has 0 fully saturated rings. The maximum Gasteiger partial charge on any atom is 0.237 e. The Morgan fingerprint density at radius 1 is 1.47 bits per heavy atom. The molecule has 4 heteroatoms. The number of hydrogen-bond acceptors (Lipinski definition) is 3. The van der Waals surface area contributed by atoms with Crippen LogP contribution in [-0.2, 0) is 4.79 Å². The van der Waals surface area contributed by atoms with Crippen LogP contribution in [0.15, 0.2) is 24.3 Å². The number of carbonyl (C=O) groups is 1. The highest BCUT2D eigenvalue weighted by Crippen LogP contribution is 2.12. The molecular weight excluding hydrogens is 192 g/mol. The predicted molar refractivity (Wildman–Crippen MR) is 58.5 cm³/mol. The lowest BCUT2D eigenvalue weighted by molar-refractivity contribution is -0.122. The molecule has 1 aromatic rings. The van der Waals surface area contributed by atoms with E-state index in [0.717, 1.165) is 11.3 Å². The van der Waals surface area contributed by atoms with Gasteiger partial charge in [0.2, 0.25) is 5.91 Å². The number of rotatable bonds is 5. The van der Waals surface area contributed by atoms with Gasteiger partial charge in [-0.15, -0.1) is 0 Å². The number of benzene rings is 1. The van der Waals surface area contributed by atoms with Crippen LogP contribution in [0.1, 0.15) is 12.0 Å². The van der Waals surface area contributed by atoms with Gasteiger partial charge in [0.1, 0.15) is 5.75 Å². The van der Waals surface area contributed by atoms with Gasteiger partial charge >= 0.3 is 0 Å². The second kappa shape index (κ2) is 6.03. The molecule has 0 aliphatic rings. The average Bonchev–Trinajstić information content (AvgIpc) is 2.18. The highest BCUT2D eigenvalue weighted by Gasteiger charge is 1.99. The van der Waals surface area contributed by atoms with Crippen molar-refractivity contribution >= 4 is 5.91 Å². The topological polar surface area (TPSA) is 50.4 Å². The summed E-state index contributed by atoms with van der Waals surface area (Å²) < 4.78 is 5.42. The third-order valence-electron chi connectivity index (χ3n) is 1.85. The minimum absolute atomic E-state index is 0.0786. The van der Waals surface area contributed by atoms with Crippen molar-refractivity contribution in [2.24, 2.45) is 0 Å². The second-order valence-corrected chi connectivity index (χ2v) is 3.21. The summed E-state index contributed by atoms with van der Waals surface area (Å²) in [6.45, 7) is 2.39. The third-order valence-corrected chi connectivity index (χ3v) is 1.85. The fourth-order valence-corrected chi connectivity index (χ4v) is 1.17. The van der Waals surface area contributed by atoms with Crippen LogP contribution in [0.5, 0.6) is 5.75 Å². The summed E-state index contributed by atoms with van der Waals surface area (Å²) in [6, 6.07) is 7.75. The third kappa shape index (κ3) is 4.46. The first-order valence-corrected chi connectivity index (χ1v) is 4.87. The summed E-state index contributed by atoms with van der Waals surface area (Å²) in [5.41, 5.74) is 6.19. The summed E-state index contributed by atoms with van der Waals surface area (Å²) in [4.78, 5) is 11.0. The van der Waals surface area contributed by atoms with E-state index in [1.165, 1.54) is 0 Å². The quantitative estimate of drug-likeness (QED) is 0.710. The van der Waals surface area contributed by atoms with Crippen molar-refractivity contribution < 1.29 is 9.53 Å². The van der Waals surface area contributed by atoms with Crippen LogP contribution in [0.4, 0.5) is 0 Å². The summed E-state index contributed by atoms with van der Waals surface area (Å²) in [5, 5.41) is 0. The average molecular weight is 208 g/mol. The molecule has 2 N–H and O–H groups in total. The van der Waals surface area contributed by atoms with E-state index >= 15 is 0 Å². The number of hydrogen-bond donors (Lipinski definition) is 2. The summed E-state index contributed by atoms with van der Waals surface area (Å²) in [7, 11) is 1.65. The first kappa shape index (κ1) is 11.5. The van der Waals surface area contributed by atoms with Crippen molar-refractivity contribution in [3.8, 4) is 5.75 Å². The molecule has 0 atom stereocenters. The smallest absolute Gasteiger partial charge is 0.237 e. The number of aryl methyl sites for hydroxylation is 1. The zero-order valence-corrected chi connectivity index (χ0v) is 9.04. The van der Waals surface area contributed by atoms with Crippen molar-refractivity contribution in [3.63, 3.8) is 0 Å². The van der Waals surface area contributed by atoms with E-state index in [1.54, 1.807) is 7.05 Å². The number of nitrogens with one attached hydrogen (secondary N) is 2. The Kier molecular flexibility index (Phi) is 4.63. The van der Waals surface area contributed by atoms with Gasteiger partial charge in [0.05, 0.1) is 13.0 Å². The molecule has 0 bridgehead atoms. The van der Waals surface area contributed by atoms with Crippen molar-refractivity contribution in [2.75, 3.05) is 13.7 Å². The van der Waals surface area contributed by atoms with E-state index in [1.807, 2.05) is 31.2 Å². The highest BCUT2D eigenvalue weighted by molar-refractivity contribution is 5.75. The van der Waals surface area contributed by atoms with Crippen LogP contribution in [0.3, 0.4) is 0 Å². The molecule has 4 nitrogen and oxygen atoms in total. The van der Waals surface area contributed by atoms with Crippen LogP contribution in [0, 0.1) is 6.92 Å². The Bertz CT molecular complexity index is 326. The Morgan fingerprint density at radius 3 is 2.93 bits per heavy atom.